The van der Waals surface area contributed by atoms with Crippen molar-refractivity contribution in [2.24, 2.45) is 0 Å². The molecular formula is C7H8O2S2. The van der Waals surface area contributed by atoms with Gasteiger partial charge in [0.25, 0.3) is 0 Å². The molecule has 0 unspecified atom stereocenters. The maximum Gasteiger partial charge on any atom is 0.310 e. The number of hydrogen-bond donors (Lipinski definition) is 1. The number of thiol groups is 1. The van der Waals surface area contributed by atoms with E-state index in [1.165, 1.54) is 18.4 Å². The molecule has 1 heterocycles. The zero-order chi connectivity index (χ0) is 8.27. The van der Waals surface area contributed by atoms with Crippen molar-refractivity contribution in [3.63, 3.8) is 0 Å². The Morgan fingerprint density at radius 2 is 2.45 bits per heavy atom. The van der Waals surface area contributed by atoms with Crippen molar-refractivity contribution >= 4 is 29.9 Å². The van der Waals surface area contributed by atoms with Crippen LogP contribution in [0, 0.1) is 0 Å². The van der Waals surface area contributed by atoms with Crippen LogP contribution >= 0.6 is 24.0 Å². The first-order valence-electron chi connectivity index (χ1n) is 3.07. The Bertz CT molecular complexity index is 255. The third kappa shape index (κ3) is 2.55. The minimum absolute atomic E-state index is 0.208. The van der Waals surface area contributed by atoms with Crippen molar-refractivity contribution in [2.45, 2.75) is 10.6 Å². The standard InChI is InChI=1S/C7H8O2S2/c1-9-6(8)4-5-2-3-7(10)11-5/h2-3,10H,4H2,1H3. The van der Waals surface area contributed by atoms with Crippen LogP contribution in [0.4, 0.5) is 0 Å². The zero-order valence-corrected chi connectivity index (χ0v) is 7.74. The summed E-state index contributed by atoms with van der Waals surface area (Å²) in [5, 5.41) is 0. The molecule has 0 aliphatic carbocycles. The molecule has 0 fully saturated rings. The molecule has 0 aliphatic heterocycles. The van der Waals surface area contributed by atoms with E-state index in [9.17, 15) is 4.79 Å². The number of carbonyl (C=O) groups excluding carboxylic acids is 1. The minimum atomic E-state index is -0.208. The zero-order valence-electron chi connectivity index (χ0n) is 6.03. The topological polar surface area (TPSA) is 26.3 Å². The summed E-state index contributed by atoms with van der Waals surface area (Å²) in [7, 11) is 1.39. The molecule has 0 aliphatic rings. The van der Waals surface area contributed by atoms with Gasteiger partial charge >= 0.3 is 5.97 Å². The largest absolute Gasteiger partial charge is 0.469 e. The van der Waals surface area contributed by atoms with Gasteiger partial charge in [-0.1, -0.05) is 0 Å². The highest BCUT2D eigenvalue weighted by Crippen LogP contribution is 2.20. The van der Waals surface area contributed by atoms with Crippen LogP contribution in [0.1, 0.15) is 4.88 Å². The number of thiophene rings is 1. The second-order valence-electron chi connectivity index (χ2n) is 1.99. The van der Waals surface area contributed by atoms with Gasteiger partial charge in [0, 0.05) is 4.88 Å². The molecule has 0 N–H and O–H groups in total. The van der Waals surface area contributed by atoms with Gasteiger partial charge in [0.2, 0.25) is 0 Å². The normalized spacial score (nSPS) is 9.64. The van der Waals surface area contributed by atoms with E-state index < -0.39 is 0 Å². The first-order chi connectivity index (χ1) is 5.22. The summed E-state index contributed by atoms with van der Waals surface area (Å²) >= 11 is 5.62. The van der Waals surface area contributed by atoms with Crippen LogP contribution in [0.25, 0.3) is 0 Å². The van der Waals surface area contributed by atoms with Gasteiger partial charge in [0.1, 0.15) is 0 Å². The summed E-state index contributed by atoms with van der Waals surface area (Å²) in [4.78, 5) is 11.7. The lowest BCUT2D eigenvalue weighted by atomic mass is 10.3. The van der Waals surface area contributed by atoms with Gasteiger partial charge in [0.05, 0.1) is 17.7 Å². The number of ether oxygens (including phenoxy) is 1. The number of rotatable bonds is 2. The van der Waals surface area contributed by atoms with E-state index in [0.29, 0.717) is 6.42 Å². The highest BCUT2D eigenvalue weighted by Gasteiger charge is 2.03. The molecule has 11 heavy (non-hydrogen) atoms. The monoisotopic (exact) mass is 188 g/mol. The fourth-order valence-corrected chi connectivity index (χ4v) is 1.83. The Balaban J connectivity index is 2.57. The summed E-state index contributed by atoms with van der Waals surface area (Å²) in [6.07, 6.45) is 0.349. The van der Waals surface area contributed by atoms with Crippen LogP contribution in [-0.4, -0.2) is 13.1 Å². The van der Waals surface area contributed by atoms with E-state index in [0.717, 1.165) is 9.09 Å². The molecule has 2 nitrogen and oxygen atoms in total. The van der Waals surface area contributed by atoms with Gasteiger partial charge in [-0.15, -0.1) is 24.0 Å². The maximum absolute atomic E-state index is 10.7. The number of esters is 1. The second-order valence-corrected chi connectivity index (χ2v) is 3.95. The Kier molecular flexibility index (Phi) is 2.96. The predicted molar refractivity (Wildman–Crippen MR) is 47.3 cm³/mol. The molecule has 0 bridgehead atoms. The highest BCUT2D eigenvalue weighted by molar-refractivity contribution is 7.82. The molecule has 0 radical (unpaired) electrons. The quantitative estimate of drug-likeness (QED) is 0.565. The molecular weight excluding hydrogens is 180 g/mol. The smallest absolute Gasteiger partial charge is 0.310 e. The van der Waals surface area contributed by atoms with Gasteiger partial charge in [-0.25, -0.2) is 0 Å². The fraction of sp³-hybridized carbons (Fsp3) is 0.286. The molecule has 0 saturated carbocycles. The third-order valence-electron chi connectivity index (χ3n) is 1.19. The molecule has 1 aromatic heterocycles. The van der Waals surface area contributed by atoms with Crippen LogP contribution in [0.3, 0.4) is 0 Å². The fourth-order valence-electron chi connectivity index (χ4n) is 0.676. The van der Waals surface area contributed by atoms with E-state index in [1.807, 2.05) is 12.1 Å². The molecule has 0 aromatic carbocycles. The van der Waals surface area contributed by atoms with Crippen LogP contribution in [0.15, 0.2) is 16.3 Å². The van der Waals surface area contributed by atoms with E-state index in [-0.39, 0.29) is 5.97 Å². The van der Waals surface area contributed by atoms with Gasteiger partial charge < -0.3 is 4.74 Å². The molecule has 0 atom stereocenters. The molecule has 0 spiro atoms. The van der Waals surface area contributed by atoms with Gasteiger partial charge in [-0.05, 0) is 12.1 Å². The number of methoxy groups -OCH3 is 1. The lowest BCUT2D eigenvalue weighted by Crippen LogP contribution is -2.02. The Morgan fingerprint density at radius 3 is 2.91 bits per heavy atom. The average Bonchev–Trinajstić information content (AvgIpc) is 2.35. The summed E-state index contributed by atoms with van der Waals surface area (Å²) in [5.41, 5.74) is 0. The van der Waals surface area contributed by atoms with Crippen molar-refractivity contribution in [1.82, 2.24) is 0 Å². The van der Waals surface area contributed by atoms with E-state index in [2.05, 4.69) is 17.4 Å². The van der Waals surface area contributed by atoms with Crippen molar-refractivity contribution in [3.05, 3.63) is 17.0 Å². The first kappa shape index (κ1) is 8.62. The van der Waals surface area contributed by atoms with Crippen LogP contribution in [0.5, 0.6) is 0 Å². The highest BCUT2D eigenvalue weighted by atomic mass is 32.2. The predicted octanol–water partition coefficient (Wildman–Crippen LogP) is 1.75. The van der Waals surface area contributed by atoms with E-state index in [1.54, 1.807) is 0 Å². The van der Waals surface area contributed by atoms with Gasteiger partial charge in [-0.3, -0.25) is 4.79 Å². The maximum atomic E-state index is 10.7. The molecule has 0 amide bonds. The van der Waals surface area contributed by atoms with Crippen molar-refractivity contribution in [1.29, 1.82) is 0 Å². The average molecular weight is 188 g/mol. The Morgan fingerprint density at radius 1 is 1.73 bits per heavy atom. The molecule has 60 valence electrons. The summed E-state index contributed by atoms with van der Waals surface area (Å²) in [5.74, 6) is -0.208. The Hall–Kier alpha value is -0.480. The van der Waals surface area contributed by atoms with Crippen molar-refractivity contribution in [2.75, 3.05) is 7.11 Å². The molecule has 1 rings (SSSR count). The lowest BCUT2D eigenvalue weighted by Gasteiger charge is -1.93. The van der Waals surface area contributed by atoms with E-state index in [4.69, 9.17) is 0 Å². The van der Waals surface area contributed by atoms with Gasteiger partial charge in [-0.2, -0.15) is 0 Å². The van der Waals surface area contributed by atoms with Crippen molar-refractivity contribution in [3.8, 4) is 0 Å². The summed E-state index contributed by atoms with van der Waals surface area (Å²) < 4.78 is 5.43. The van der Waals surface area contributed by atoms with Crippen LogP contribution in [0.2, 0.25) is 0 Å². The first-order valence-corrected chi connectivity index (χ1v) is 4.33. The molecule has 1 aromatic rings. The van der Waals surface area contributed by atoms with Crippen LogP contribution in [-0.2, 0) is 16.0 Å². The van der Waals surface area contributed by atoms with Crippen molar-refractivity contribution < 1.29 is 9.53 Å². The Labute approximate surface area is 74.6 Å². The number of carbonyl (C=O) groups is 1. The second kappa shape index (κ2) is 3.78. The molecule has 0 saturated heterocycles. The molecule has 4 heteroatoms. The summed E-state index contributed by atoms with van der Waals surface area (Å²) in [6.45, 7) is 0. The lowest BCUT2D eigenvalue weighted by molar-refractivity contribution is -0.139. The van der Waals surface area contributed by atoms with Gasteiger partial charge in [0.15, 0.2) is 0 Å². The summed E-state index contributed by atoms with van der Waals surface area (Å²) in [6, 6.07) is 3.75. The minimum Gasteiger partial charge on any atom is -0.469 e. The third-order valence-corrected chi connectivity index (χ3v) is 2.50. The number of hydrogen-bond acceptors (Lipinski definition) is 4. The van der Waals surface area contributed by atoms with Crippen LogP contribution < -0.4 is 0 Å². The van der Waals surface area contributed by atoms with E-state index >= 15 is 0 Å². The SMILES string of the molecule is COC(=O)Cc1ccc(S)s1.